The smallest absolute Gasteiger partial charge is 0.267 e. The first-order valence-corrected chi connectivity index (χ1v) is 11.7. The third kappa shape index (κ3) is 6.47. The molecule has 0 spiro atoms. The predicted molar refractivity (Wildman–Crippen MR) is 125 cm³/mol. The van der Waals surface area contributed by atoms with Gasteiger partial charge in [0.1, 0.15) is 0 Å². The number of carbonyl (C=O) groups is 2. The monoisotopic (exact) mass is 466 g/mol. The van der Waals surface area contributed by atoms with Gasteiger partial charge in [-0.2, -0.15) is 0 Å². The van der Waals surface area contributed by atoms with Crippen LogP contribution in [0.1, 0.15) is 52.6 Å². The van der Waals surface area contributed by atoms with Gasteiger partial charge in [0.05, 0.1) is 4.90 Å². The number of pyridine rings is 1. The molecular weight excluding hydrogens is 440 g/mol. The molecule has 3 N–H and O–H groups in total. The summed E-state index contributed by atoms with van der Waals surface area (Å²) in [5.74, 6) is -0.962. The van der Waals surface area contributed by atoms with Crippen molar-refractivity contribution < 1.29 is 18.0 Å². The molecule has 0 saturated heterocycles. The van der Waals surface area contributed by atoms with Gasteiger partial charge in [0.25, 0.3) is 11.8 Å². The van der Waals surface area contributed by atoms with Crippen molar-refractivity contribution in [3.63, 3.8) is 0 Å². The summed E-state index contributed by atoms with van der Waals surface area (Å²) < 4.78 is 27.7. The van der Waals surface area contributed by atoms with Crippen molar-refractivity contribution in [2.45, 2.75) is 37.6 Å². The van der Waals surface area contributed by atoms with Crippen molar-refractivity contribution in [3.05, 3.63) is 95.3 Å². The van der Waals surface area contributed by atoms with Crippen LogP contribution in [0.2, 0.25) is 0 Å². The molecular formula is C24H26N4O4S. The largest absolute Gasteiger partial charge is 0.269 e. The van der Waals surface area contributed by atoms with E-state index in [4.69, 9.17) is 0 Å². The molecule has 8 nitrogen and oxygen atoms in total. The molecule has 172 valence electrons. The van der Waals surface area contributed by atoms with Crippen molar-refractivity contribution in [3.8, 4) is 0 Å². The van der Waals surface area contributed by atoms with Gasteiger partial charge < -0.3 is 0 Å². The molecule has 0 saturated carbocycles. The third-order valence-electron chi connectivity index (χ3n) is 4.95. The lowest BCUT2D eigenvalue weighted by atomic mass is 9.87. The maximum Gasteiger partial charge on any atom is 0.269 e. The van der Waals surface area contributed by atoms with Gasteiger partial charge in [0, 0.05) is 30.1 Å². The van der Waals surface area contributed by atoms with Crippen LogP contribution in [0.4, 0.5) is 0 Å². The maximum absolute atomic E-state index is 12.6. The molecule has 0 unspecified atom stereocenters. The summed E-state index contributed by atoms with van der Waals surface area (Å²) in [4.78, 5) is 28.2. The Bertz CT molecular complexity index is 1220. The SMILES string of the molecule is CC(C)(C)c1ccc(S(=O)(=O)NCc2ccc(C(=O)NNC(=O)c3ccncc3)cc2)cc1. The van der Waals surface area contributed by atoms with Gasteiger partial charge in [-0.15, -0.1) is 0 Å². The second-order valence-corrected chi connectivity index (χ2v) is 10.2. The number of benzene rings is 2. The highest BCUT2D eigenvalue weighted by molar-refractivity contribution is 7.89. The first kappa shape index (κ1) is 24.1. The van der Waals surface area contributed by atoms with Gasteiger partial charge in [-0.05, 0) is 52.9 Å². The van der Waals surface area contributed by atoms with E-state index in [-0.39, 0.29) is 16.9 Å². The van der Waals surface area contributed by atoms with E-state index in [2.05, 4.69) is 41.3 Å². The number of hydrazine groups is 1. The highest BCUT2D eigenvalue weighted by Gasteiger charge is 2.17. The maximum atomic E-state index is 12.6. The Morgan fingerprint density at radius 1 is 0.788 bits per heavy atom. The Kier molecular flexibility index (Phi) is 7.25. The van der Waals surface area contributed by atoms with E-state index >= 15 is 0 Å². The Morgan fingerprint density at radius 3 is 1.82 bits per heavy atom. The quantitative estimate of drug-likeness (QED) is 0.483. The van der Waals surface area contributed by atoms with E-state index in [0.717, 1.165) is 5.56 Å². The van der Waals surface area contributed by atoms with Crippen molar-refractivity contribution in [1.29, 1.82) is 0 Å². The minimum absolute atomic E-state index is 0.0639. The first-order valence-electron chi connectivity index (χ1n) is 10.3. The molecule has 2 amide bonds. The number of hydrogen-bond acceptors (Lipinski definition) is 5. The summed E-state index contributed by atoms with van der Waals surface area (Å²) in [5.41, 5.74) is 7.01. The molecule has 9 heteroatoms. The van der Waals surface area contributed by atoms with Crippen LogP contribution < -0.4 is 15.6 Å². The molecule has 33 heavy (non-hydrogen) atoms. The van der Waals surface area contributed by atoms with Gasteiger partial charge in [-0.25, -0.2) is 13.1 Å². The summed E-state index contributed by atoms with van der Waals surface area (Å²) >= 11 is 0. The fraction of sp³-hybridized carbons (Fsp3) is 0.208. The minimum Gasteiger partial charge on any atom is -0.267 e. The molecule has 0 atom stereocenters. The molecule has 0 aliphatic rings. The van der Waals surface area contributed by atoms with Gasteiger partial charge in [-0.3, -0.25) is 25.4 Å². The molecule has 1 aromatic heterocycles. The number of carbonyl (C=O) groups excluding carboxylic acids is 2. The van der Waals surface area contributed by atoms with Crippen LogP contribution in [0.15, 0.2) is 78.0 Å². The number of nitrogens with one attached hydrogen (secondary N) is 3. The van der Waals surface area contributed by atoms with Crippen LogP contribution in [0.5, 0.6) is 0 Å². The molecule has 0 bridgehead atoms. The lowest BCUT2D eigenvalue weighted by molar-refractivity contribution is 0.0846. The van der Waals surface area contributed by atoms with E-state index in [1.54, 1.807) is 36.4 Å². The Morgan fingerprint density at radius 2 is 1.30 bits per heavy atom. The van der Waals surface area contributed by atoms with E-state index in [0.29, 0.717) is 16.7 Å². The zero-order valence-electron chi connectivity index (χ0n) is 18.6. The molecule has 0 fully saturated rings. The summed E-state index contributed by atoms with van der Waals surface area (Å²) in [6.45, 7) is 6.26. The summed E-state index contributed by atoms with van der Waals surface area (Å²) in [5, 5.41) is 0. The van der Waals surface area contributed by atoms with Crippen molar-refractivity contribution in [2.75, 3.05) is 0 Å². The van der Waals surface area contributed by atoms with Crippen molar-refractivity contribution in [2.24, 2.45) is 0 Å². The summed E-state index contributed by atoms with van der Waals surface area (Å²) in [6.07, 6.45) is 2.95. The fourth-order valence-electron chi connectivity index (χ4n) is 2.93. The van der Waals surface area contributed by atoms with Crippen LogP contribution in [-0.2, 0) is 22.0 Å². The number of nitrogens with zero attached hydrogens (tertiary/aromatic N) is 1. The van der Waals surface area contributed by atoms with Gasteiger partial charge in [0.15, 0.2) is 0 Å². The standard InChI is InChI=1S/C24H26N4O4S/c1-24(2,3)20-8-10-21(11-9-20)33(31,32)26-16-17-4-6-18(7-5-17)22(29)27-28-23(30)19-12-14-25-15-13-19/h4-15,26H,16H2,1-3H3,(H,27,29)(H,28,30). The van der Waals surface area contributed by atoms with E-state index in [9.17, 15) is 18.0 Å². The zero-order valence-corrected chi connectivity index (χ0v) is 19.4. The highest BCUT2D eigenvalue weighted by atomic mass is 32.2. The number of amides is 2. The summed E-state index contributed by atoms with van der Waals surface area (Å²) in [6, 6.07) is 16.3. The zero-order chi connectivity index (χ0) is 24.1. The van der Waals surface area contributed by atoms with Gasteiger partial charge in [-0.1, -0.05) is 45.0 Å². The lowest BCUT2D eigenvalue weighted by Crippen LogP contribution is -2.41. The van der Waals surface area contributed by atoms with E-state index in [1.165, 1.54) is 24.5 Å². The van der Waals surface area contributed by atoms with Gasteiger partial charge >= 0.3 is 0 Å². The lowest BCUT2D eigenvalue weighted by Gasteiger charge is -2.19. The van der Waals surface area contributed by atoms with Crippen LogP contribution >= 0.6 is 0 Å². The Balaban J connectivity index is 1.55. The second kappa shape index (κ2) is 9.93. The van der Waals surface area contributed by atoms with E-state index in [1.807, 2.05) is 12.1 Å². The van der Waals surface area contributed by atoms with Gasteiger partial charge in [0.2, 0.25) is 10.0 Å². The van der Waals surface area contributed by atoms with Crippen molar-refractivity contribution in [1.82, 2.24) is 20.6 Å². The number of hydrogen-bond donors (Lipinski definition) is 3. The average Bonchev–Trinajstić information content (AvgIpc) is 2.81. The topological polar surface area (TPSA) is 117 Å². The Labute approximate surface area is 193 Å². The Hall–Kier alpha value is -3.56. The van der Waals surface area contributed by atoms with Crippen LogP contribution in [0.25, 0.3) is 0 Å². The molecule has 0 radical (unpaired) electrons. The number of rotatable bonds is 6. The fourth-order valence-corrected chi connectivity index (χ4v) is 3.95. The number of aromatic nitrogens is 1. The predicted octanol–water partition coefficient (Wildman–Crippen LogP) is 2.93. The molecule has 1 heterocycles. The molecule has 0 aliphatic carbocycles. The van der Waals surface area contributed by atoms with Crippen LogP contribution in [0.3, 0.4) is 0 Å². The highest BCUT2D eigenvalue weighted by Crippen LogP contribution is 2.23. The van der Waals surface area contributed by atoms with Crippen LogP contribution in [0, 0.1) is 0 Å². The molecule has 0 aliphatic heterocycles. The van der Waals surface area contributed by atoms with Crippen molar-refractivity contribution >= 4 is 21.8 Å². The first-order chi connectivity index (χ1) is 15.6. The normalized spacial score (nSPS) is 11.6. The summed E-state index contributed by atoms with van der Waals surface area (Å²) in [7, 11) is -3.67. The minimum atomic E-state index is -3.67. The second-order valence-electron chi connectivity index (χ2n) is 8.44. The van der Waals surface area contributed by atoms with E-state index < -0.39 is 21.8 Å². The third-order valence-corrected chi connectivity index (χ3v) is 6.36. The number of sulfonamides is 1. The molecule has 3 aromatic rings. The van der Waals surface area contributed by atoms with Crippen LogP contribution in [-0.4, -0.2) is 25.2 Å². The molecule has 2 aromatic carbocycles. The molecule has 3 rings (SSSR count). The average molecular weight is 467 g/mol.